The minimum absolute atomic E-state index is 0.0396. The predicted molar refractivity (Wildman–Crippen MR) is 59.3 cm³/mol. The van der Waals surface area contributed by atoms with Crippen LogP contribution in [0.25, 0.3) is 0 Å². The average Bonchev–Trinajstić information content (AvgIpc) is 2.50. The minimum atomic E-state index is 0.0396. The fraction of sp³-hybridized carbons (Fsp3) is 0.909. The number of aliphatic hydroxyl groups excluding tert-OH is 1. The van der Waals surface area contributed by atoms with Crippen molar-refractivity contribution < 1.29 is 9.90 Å². The van der Waals surface area contributed by atoms with E-state index in [-0.39, 0.29) is 18.6 Å². The number of carbonyl (C=O) groups excluding carboxylic acids is 1. The van der Waals surface area contributed by atoms with Gasteiger partial charge in [0.05, 0.1) is 12.6 Å². The molecule has 1 rings (SSSR count). The zero-order valence-corrected chi connectivity index (χ0v) is 9.32. The molecule has 0 radical (unpaired) electrons. The first-order valence-corrected chi connectivity index (χ1v) is 5.90. The summed E-state index contributed by atoms with van der Waals surface area (Å²) >= 11 is 0. The van der Waals surface area contributed by atoms with Gasteiger partial charge in [0, 0.05) is 13.0 Å². The van der Waals surface area contributed by atoms with Gasteiger partial charge in [-0.05, 0) is 25.8 Å². The first-order valence-electron chi connectivity index (χ1n) is 5.90. The first-order chi connectivity index (χ1) is 7.29. The Hall–Kier alpha value is -0.610. The average molecular weight is 214 g/mol. The summed E-state index contributed by atoms with van der Waals surface area (Å²) in [4.78, 5) is 13.7. The van der Waals surface area contributed by atoms with Crippen LogP contribution in [0.1, 0.15) is 38.5 Å². The van der Waals surface area contributed by atoms with Crippen molar-refractivity contribution in [3.63, 3.8) is 0 Å². The van der Waals surface area contributed by atoms with E-state index in [2.05, 4.69) is 0 Å². The lowest BCUT2D eigenvalue weighted by Gasteiger charge is -2.28. The molecule has 0 spiro atoms. The molecular formula is C11H22N2O2. The van der Waals surface area contributed by atoms with Gasteiger partial charge in [-0.15, -0.1) is 0 Å². The highest BCUT2D eigenvalue weighted by atomic mass is 16.3. The van der Waals surface area contributed by atoms with Crippen LogP contribution in [-0.4, -0.2) is 41.7 Å². The molecule has 0 aromatic heterocycles. The quantitative estimate of drug-likeness (QED) is 0.715. The maximum atomic E-state index is 11.8. The molecule has 1 atom stereocenters. The number of likely N-dealkylation sites (tertiary alicyclic amines) is 1. The molecule has 1 fully saturated rings. The first kappa shape index (κ1) is 12.5. The van der Waals surface area contributed by atoms with Crippen LogP contribution >= 0.6 is 0 Å². The number of nitrogens with two attached hydrogens (primary N) is 1. The molecule has 1 unspecified atom stereocenters. The maximum Gasteiger partial charge on any atom is 0.222 e. The number of hydrogen-bond donors (Lipinski definition) is 2. The molecule has 0 aromatic carbocycles. The maximum absolute atomic E-state index is 11.8. The Morgan fingerprint density at radius 1 is 1.40 bits per heavy atom. The molecule has 3 N–H and O–H groups in total. The second-order valence-electron chi connectivity index (χ2n) is 4.17. The van der Waals surface area contributed by atoms with Gasteiger partial charge in [-0.1, -0.05) is 12.8 Å². The number of rotatable bonds is 4. The van der Waals surface area contributed by atoms with E-state index in [0.29, 0.717) is 13.0 Å². The van der Waals surface area contributed by atoms with Crippen LogP contribution in [0.15, 0.2) is 0 Å². The van der Waals surface area contributed by atoms with Gasteiger partial charge in [0.15, 0.2) is 0 Å². The third-order valence-corrected chi connectivity index (χ3v) is 3.00. The van der Waals surface area contributed by atoms with Crippen molar-refractivity contribution in [1.29, 1.82) is 0 Å². The highest BCUT2D eigenvalue weighted by Gasteiger charge is 2.23. The van der Waals surface area contributed by atoms with E-state index in [1.165, 1.54) is 0 Å². The molecular weight excluding hydrogens is 192 g/mol. The predicted octanol–water partition coefficient (Wildman–Crippen LogP) is 0.489. The highest BCUT2D eigenvalue weighted by molar-refractivity contribution is 5.76. The number of aliphatic hydroxyl groups is 1. The lowest BCUT2D eigenvalue weighted by molar-refractivity contribution is -0.134. The van der Waals surface area contributed by atoms with Crippen LogP contribution in [0.4, 0.5) is 0 Å². The fourth-order valence-corrected chi connectivity index (χ4v) is 2.09. The van der Waals surface area contributed by atoms with Crippen LogP contribution in [0.2, 0.25) is 0 Å². The smallest absolute Gasteiger partial charge is 0.222 e. The number of amides is 1. The largest absolute Gasteiger partial charge is 0.394 e. The van der Waals surface area contributed by atoms with Gasteiger partial charge in [0.1, 0.15) is 0 Å². The summed E-state index contributed by atoms with van der Waals surface area (Å²) in [5.41, 5.74) is 5.38. The Labute approximate surface area is 91.4 Å². The van der Waals surface area contributed by atoms with Gasteiger partial charge in [-0.25, -0.2) is 0 Å². The summed E-state index contributed by atoms with van der Waals surface area (Å²) in [6.45, 7) is 1.45. The van der Waals surface area contributed by atoms with Crippen molar-refractivity contribution >= 4 is 5.91 Å². The summed E-state index contributed by atoms with van der Waals surface area (Å²) in [6, 6.07) is 0.0396. The van der Waals surface area contributed by atoms with Crippen LogP contribution in [0, 0.1) is 0 Å². The summed E-state index contributed by atoms with van der Waals surface area (Å²) < 4.78 is 0. The molecule has 0 bridgehead atoms. The molecule has 0 saturated carbocycles. The standard InChI is InChI=1S/C11H22N2O2/c12-7-4-6-11(15)13-8-3-1-2-5-10(13)9-14/h10,14H,1-9,12H2. The molecule has 1 amide bonds. The third-order valence-electron chi connectivity index (χ3n) is 3.00. The van der Waals surface area contributed by atoms with Gasteiger partial charge in [0.25, 0.3) is 0 Å². The third kappa shape index (κ3) is 3.80. The van der Waals surface area contributed by atoms with Crippen molar-refractivity contribution in [3.8, 4) is 0 Å². The Morgan fingerprint density at radius 3 is 2.87 bits per heavy atom. The van der Waals surface area contributed by atoms with E-state index in [1.807, 2.05) is 4.90 Å². The van der Waals surface area contributed by atoms with Crippen molar-refractivity contribution in [2.24, 2.45) is 5.73 Å². The molecule has 15 heavy (non-hydrogen) atoms. The molecule has 88 valence electrons. The van der Waals surface area contributed by atoms with E-state index < -0.39 is 0 Å². The zero-order valence-electron chi connectivity index (χ0n) is 9.32. The number of hydrogen-bond acceptors (Lipinski definition) is 3. The normalized spacial score (nSPS) is 22.5. The number of nitrogens with zero attached hydrogens (tertiary/aromatic N) is 1. The van der Waals surface area contributed by atoms with E-state index in [1.54, 1.807) is 0 Å². The Bertz CT molecular complexity index is 197. The molecule has 1 aliphatic rings. The summed E-state index contributed by atoms with van der Waals surface area (Å²) in [7, 11) is 0. The van der Waals surface area contributed by atoms with E-state index in [4.69, 9.17) is 5.73 Å². The molecule has 0 aliphatic carbocycles. The van der Waals surface area contributed by atoms with Crippen LogP contribution in [0.3, 0.4) is 0 Å². The lowest BCUT2D eigenvalue weighted by Crippen LogP contribution is -2.42. The van der Waals surface area contributed by atoms with Crippen LogP contribution < -0.4 is 5.73 Å². The second kappa shape index (κ2) is 6.80. The molecule has 4 heteroatoms. The van der Waals surface area contributed by atoms with Gasteiger partial charge in [0.2, 0.25) is 5.91 Å². The zero-order chi connectivity index (χ0) is 11.1. The van der Waals surface area contributed by atoms with Gasteiger partial charge in [-0.3, -0.25) is 4.79 Å². The molecule has 0 aromatic rings. The lowest BCUT2D eigenvalue weighted by atomic mass is 10.1. The minimum Gasteiger partial charge on any atom is -0.394 e. The molecule has 1 heterocycles. The second-order valence-corrected chi connectivity index (χ2v) is 4.17. The molecule has 1 aliphatic heterocycles. The highest BCUT2D eigenvalue weighted by Crippen LogP contribution is 2.17. The topological polar surface area (TPSA) is 66.6 Å². The molecule has 4 nitrogen and oxygen atoms in total. The van der Waals surface area contributed by atoms with E-state index in [0.717, 1.165) is 38.6 Å². The summed E-state index contributed by atoms with van der Waals surface area (Å²) in [5, 5.41) is 9.24. The fourth-order valence-electron chi connectivity index (χ4n) is 2.09. The van der Waals surface area contributed by atoms with E-state index >= 15 is 0 Å². The Balaban J connectivity index is 2.49. The molecule has 1 saturated heterocycles. The van der Waals surface area contributed by atoms with Crippen molar-refractivity contribution in [3.05, 3.63) is 0 Å². The van der Waals surface area contributed by atoms with Crippen molar-refractivity contribution in [2.75, 3.05) is 19.7 Å². The van der Waals surface area contributed by atoms with Crippen LogP contribution in [-0.2, 0) is 4.79 Å². The summed E-state index contributed by atoms with van der Waals surface area (Å²) in [5.74, 6) is 0.154. The van der Waals surface area contributed by atoms with Gasteiger partial charge in [-0.2, -0.15) is 0 Å². The Morgan fingerprint density at radius 2 is 2.20 bits per heavy atom. The summed E-state index contributed by atoms with van der Waals surface area (Å²) in [6.07, 6.45) is 5.54. The van der Waals surface area contributed by atoms with Crippen molar-refractivity contribution in [1.82, 2.24) is 4.90 Å². The van der Waals surface area contributed by atoms with Gasteiger partial charge < -0.3 is 15.7 Å². The SMILES string of the molecule is NCCCC(=O)N1CCCCCC1CO. The number of carbonyl (C=O) groups is 1. The Kier molecular flexibility index (Phi) is 5.65. The van der Waals surface area contributed by atoms with Gasteiger partial charge >= 0.3 is 0 Å². The van der Waals surface area contributed by atoms with Crippen molar-refractivity contribution in [2.45, 2.75) is 44.6 Å². The van der Waals surface area contributed by atoms with Crippen LogP contribution in [0.5, 0.6) is 0 Å². The van der Waals surface area contributed by atoms with E-state index in [9.17, 15) is 9.90 Å². The monoisotopic (exact) mass is 214 g/mol.